The largest absolute Gasteiger partial charge is 0.251 e. The first kappa shape index (κ1) is 26.2. The number of pyridine rings is 1. The minimum atomic E-state index is 0.402. The lowest BCUT2D eigenvalue weighted by Gasteiger charge is -2.17. The Morgan fingerprint density at radius 2 is 1.23 bits per heavy atom. The first-order valence-electron chi connectivity index (χ1n) is 14.1. The summed E-state index contributed by atoms with van der Waals surface area (Å²) in [6, 6.07) is 36.9. The van der Waals surface area contributed by atoms with Gasteiger partial charge in [-0.3, -0.25) is 4.99 Å². The minimum absolute atomic E-state index is 0.402. The predicted octanol–water partition coefficient (Wildman–Crippen LogP) is 11.2. The minimum Gasteiger partial charge on any atom is -0.251 e. The van der Waals surface area contributed by atoms with Crippen molar-refractivity contribution in [2.75, 3.05) is 0 Å². The van der Waals surface area contributed by atoms with Gasteiger partial charge in [0.1, 0.15) is 0 Å². The second kappa shape index (κ2) is 10.8. The summed E-state index contributed by atoms with van der Waals surface area (Å²) in [5, 5.41) is 5.09. The first-order chi connectivity index (χ1) is 19.4. The van der Waals surface area contributed by atoms with Crippen molar-refractivity contribution in [3.8, 4) is 21.0 Å². The smallest absolute Gasteiger partial charge is 0.0849 e. The summed E-state index contributed by atoms with van der Waals surface area (Å²) in [4.78, 5) is 12.7. The summed E-state index contributed by atoms with van der Waals surface area (Å²) >= 11 is 1.80. The van der Waals surface area contributed by atoms with E-state index in [0.717, 1.165) is 27.7 Å². The molecule has 0 unspecified atom stereocenters. The average molecular weight is 539 g/mol. The molecule has 2 nitrogen and oxygen atoms in total. The molecule has 2 aromatic heterocycles. The second-order valence-corrected chi connectivity index (χ2v) is 12.1. The molecule has 3 heteroatoms. The number of aromatic nitrogens is 1. The highest BCUT2D eigenvalue weighted by Gasteiger charge is 2.16. The monoisotopic (exact) mass is 538 g/mol. The lowest BCUT2D eigenvalue weighted by molar-refractivity contribution is 0.834. The quantitative estimate of drug-likeness (QED) is 0.153. The summed E-state index contributed by atoms with van der Waals surface area (Å²) in [6.45, 7) is 11.0. The van der Waals surface area contributed by atoms with Crippen molar-refractivity contribution in [3.63, 3.8) is 0 Å². The molecule has 0 N–H and O–H groups in total. The van der Waals surface area contributed by atoms with Gasteiger partial charge in [-0.05, 0) is 81.8 Å². The summed E-state index contributed by atoms with van der Waals surface area (Å²) in [5.41, 5.74) is 7.79. The number of benzene rings is 4. The van der Waals surface area contributed by atoms with Crippen molar-refractivity contribution in [1.29, 1.82) is 0 Å². The molecule has 0 radical (unpaired) electrons. The Morgan fingerprint density at radius 3 is 1.85 bits per heavy atom. The zero-order valence-corrected chi connectivity index (χ0v) is 24.6. The van der Waals surface area contributed by atoms with Crippen LogP contribution in [0, 0.1) is 0 Å². The Hall–Kier alpha value is -4.08. The molecule has 4 aromatic carbocycles. The van der Waals surface area contributed by atoms with E-state index in [4.69, 9.17) is 9.98 Å². The summed E-state index contributed by atoms with van der Waals surface area (Å²) in [7, 11) is 0. The number of para-hydroxylation sites is 1. The van der Waals surface area contributed by atoms with Crippen LogP contribution in [0.4, 0.5) is 5.69 Å². The molecular weight excluding hydrogens is 504 g/mol. The lowest BCUT2D eigenvalue weighted by Crippen LogP contribution is -2.01. The van der Waals surface area contributed by atoms with Crippen LogP contribution >= 0.6 is 11.3 Å². The number of hydrogen-bond donors (Lipinski definition) is 0. The molecule has 0 saturated heterocycles. The molecule has 6 rings (SSSR count). The molecule has 0 aliphatic heterocycles. The van der Waals surface area contributed by atoms with Crippen LogP contribution in [0.1, 0.15) is 63.3 Å². The van der Waals surface area contributed by atoms with Crippen LogP contribution < -0.4 is 0 Å². The van der Waals surface area contributed by atoms with Gasteiger partial charge in [-0.1, -0.05) is 100 Å². The van der Waals surface area contributed by atoms with Crippen LogP contribution in [0.25, 0.3) is 42.6 Å². The molecule has 0 saturated carbocycles. The standard InChI is InChI=1S/C37H34N2S/c1-23(2)28-16-10-17-29(24(3)4)37(28)38-25(5)32-18-11-19-33(39-32)34-20-21-35(40-34)36-30-14-8-6-12-26(30)22-27-13-7-9-15-31(27)36/h6-24H,1-5H3. The van der Waals surface area contributed by atoms with Crippen molar-refractivity contribution in [3.05, 3.63) is 120 Å². The maximum Gasteiger partial charge on any atom is 0.0849 e. The van der Waals surface area contributed by atoms with Crippen LogP contribution in [0.5, 0.6) is 0 Å². The second-order valence-electron chi connectivity index (χ2n) is 11.1. The van der Waals surface area contributed by atoms with E-state index in [-0.39, 0.29) is 0 Å². The number of thiophene rings is 1. The van der Waals surface area contributed by atoms with Crippen LogP contribution in [0.2, 0.25) is 0 Å². The highest BCUT2D eigenvalue weighted by Crippen LogP contribution is 2.42. The fraction of sp³-hybridized carbons (Fsp3) is 0.189. The fourth-order valence-electron chi connectivity index (χ4n) is 5.53. The zero-order valence-electron chi connectivity index (χ0n) is 23.8. The van der Waals surface area contributed by atoms with Gasteiger partial charge < -0.3 is 0 Å². The van der Waals surface area contributed by atoms with Crippen molar-refractivity contribution in [2.45, 2.75) is 46.5 Å². The molecule has 0 amide bonds. The molecule has 0 spiro atoms. The number of fused-ring (bicyclic) bond motifs is 2. The van der Waals surface area contributed by atoms with Gasteiger partial charge in [0.2, 0.25) is 0 Å². The Balaban J connectivity index is 1.42. The molecule has 2 heterocycles. The fourth-order valence-corrected chi connectivity index (χ4v) is 6.58. The van der Waals surface area contributed by atoms with Crippen LogP contribution in [-0.4, -0.2) is 10.7 Å². The highest BCUT2D eigenvalue weighted by molar-refractivity contribution is 7.19. The van der Waals surface area contributed by atoms with Gasteiger partial charge in [0.05, 0.1) is 27.7 Å². The first-order valence-corrected chi connectivity index (χ1v) is 14.9. The molecule has 198 valence electrons. The Kier molecular flexibility index (Phi) is 7.08. The predicted molar refractivity (Wildman–Crippen MR) is 174 cm³/mol. The number of hydrogen-bond acceptors (Lipinski definition) is 3. The molecule has 6 aromatic rings. The van der Waals surface area contributed by atoms with E-state index in [1.165, 1.54) is 43.1 Å². The number of nitrogens with zero attached hydrogens (tertiary/aromatic N) is 2. The molecule has 0 atom stereocenters. The normalized spacial score (nSPS) is 12.2. The summed E-state index contributed by atoms with van der Waals surface area (Å²) < 4.78 is 0. The Bertz CT molecular complexity index is 1790. The van der Waals surface area contributed by atoms with Crippen LogP contribution in [0.3, 0.4) is 0 Å². The highest BCUT2D eigenvalue weighted by atomic mass is 32.1. The molecule has 0 fully saturated rings. The van der Waals surface area contributed by atoms with Crippen molar-refractivity contribution >= 4 is 44.3 Å². The Labute approximate surface area is 241 Å². The summed E-state index contributed by atoms with van der Waals surface area (Å²) in [6.07, 6.45) is 0. The number of aliphatic imine (C=N–C) groups is 1. The van der Waals surface area contributed by atoms with E-state index in [9.17, 15) is 0 Å². The van der Waals surface area contributed by atoms with E-state index in [1.54, 1.807) is 11.3 Å². The molecule has 0 aliphatic rings. The molecule has 40 heavy (non-hydrogen) atoms. The van der Waals surface area contributed by atoms with E-state index < -0.39 is 0 Å². The van der Waals surface area contributed by atoms with Gasteiger partial charge >= 0.3 is 0 Å². The lowest BCUT2D eigenvalue weighted by atomic mass is 9.93. The van der Waals surface area contributed by atoms with Gasteiger partial charge in [-0.15, -0.1) is 11.3 Å². The zero-order chi connectivity index (χ0) is 27.8. The van der Waals surface area contributed by atoms with E-state index >= 15 is 0 Å². The van der Waals surface area contributed by atoms with Crippen molar-refractivity contribution < 1.29 is 0 Å². The van der Waals surface area contributed by atoms with Crippen molar-refractivity contribution in [1.82, 2.24) is 4.98 Å². The third-order valence-corrected chi connectivity index (χ3v) is 8.74. The van der Waals surface area contributed by atoms with Gasteiger partial charge in [0.15, 0.2) is 0 Å². The maximum absolute atomic E-state index is 5.19. The topological polar surface area (TPSA) is 25.2 Å². The van der Waals surface area contributed by atoms with Crippen molar-refractivity contribution in [2.24, 2.45) is 4.99 Å². The molecular formula is C37H34N2S. The Morgan fingerprint density at radius 1 is 0.650 bits per heavy atom. The molecule has 0 bridgehead atoms. The third-order valence-electron chi connectivity index (χ3n) is 7.62. The van der Waals surface area contributed by atoms with Gasteiger partial charge in [0, 0.05) is 10.4 Å². The van der Waals surface area contributed by atoms with E-state index in [1.807, 2.05) is 0 Å². The number of rotatable bonds is 6. The summed E-state index contributed by atoms with van der Waals surface area (Å²) in [5.74, 6) is 0.804. The van der Waals surface area contributed by atoms with Gasteiger partial charge in [0.25, 0.3) is 0 Å². The third kappa shape index (κ3) is 4.87. The van der Waals surface area contributed by atoms with Gasteiger partial charge in [-0.2, -0.15) is 0 Å². The van der Waals surface area contributed by atoms with Crippen LogP contribution in [0.15, 0.2) is 108 Å². The SMILES string of the molecule is CC(=Nc1c(C(C)C)cccc1C(C)C)c1cccc(-c2ccc(-c3c4ccccc4cc4ccccc34)s2)n1. The van der Waals surface area contributed by atoms with E-state index in [0.29, 0.717) is 11.8 Å². The maximum atomic E-state index is 5.19. The average Bonchev–Trinajstić information content (AvgIpc) is 3.45. The van der Waals surface area contributed by atoms with E-state index in [2.05, 4.69) is 138 Å². The molecule has 0 aliphatic carbocycles. The van der Waals surface area contributed by atoms with Crippen LogP contribution in [-0.2, 0) is 0 Å². The van der Waals surface area contributed by atoms with Gasteiger partial charge in [-0.25, -0.2) is 4.98 Å².